The van der Waals surface area contributed by atoms with Crippen molar-refractivity contribution in [3.63, 3.8) is 0 Å². The minimum Gasteiger partial charge on any atom is -0.399 e. The lowest BCUT2D eigenvalue weighted by molar-refractivity contribution is 0.0997. The first-order chi connectivity index (χ1) is 9.38. The number of nitrogen functional groups attached to an aromatic ring is 1. The first-order valence-corrected chi connectivity index (χ1v) is 6.59. The molecule has 2 rings (SSSR count). The fourth-order valence-corrected chi connectivity index (χ4v) is 2.86. The Morgan fingerprint density at radius 1 is 1.15 bits per heavy atom. The summed E-state index contributed by atoms with van der Waals surface area (Å²) in [6.07, 6.45) is 0. The summed E-state index contributed by atoms with van der Waals surface area (Å²) in [4.78, 5) is 12.1. The molecule has 0 unspecified atom stereocenters. The van der Waals surface area contributed by atoms with Crippen molar-refractivity contribution in [1.82, 2.24) is 0 Å². The van der Waals surface area contributed by atoms with Crippen molar-refractivity contribution in [2.45, 2.75) is 9.79 Å². The van der Waals surface area contributed by atoms with Gasteiger partial charge in [-0.2, -0.15) is 0 Å². The molecule has 0 saturated heterocycles. The smallest absolute Gasteiger partial charge is 0.249 e. The van der Waals surface area contributed by atoms with Crippen LogP contribution in [0, 0.1) is 11.6 Å². The molecule has 0 aliphatic heterocycles. The van der Waals surface area contributed by atoms with Crippen LogP contribution in [-0.2, 0) is 0 Å². The highest BCUT2D eigenvalue weighted by Crippen LogP contribution is 2.37. The van der Waals surface area contributed by atoms with Gasteiger partial charge in [-0.05, 0) is 30.3 Å². The molecule has 0 fully saturated rings. The molecule has 0 radical (unpaired) electrons. The second kappa shape index (κ2) is 5.68. The highest BCUT2D eigenvalue weighted by Gasteiger charge is 2.15. The van der Waals surface area contributed by atoms with Gasteiger partial charge in [-0.15, -0.1) is 0 Å². The fraction of sp³-hybridized carbons (Fsp3) is 0. The average Bonchev–Trinajstić information content (AvgIpc) is 2.36. The molecular formula is C13H9ClF2N2OS. The normalized spacial score (nSPS) is 10.6. The summed E-state index contributed by atoms with van der Waals surface area (Å²) in [5, 5.41) is 0.216. The minimum absolute atomic E-state index is 0.129. The lowest BCUT2D eigenvalue weighted by Gasteiger charge is -2.10. The van der Waals surface area contributed by atoms with Crippen LogP contribution in [0.3, 0.4) is 0 Å². The van der Waals surface area contributed by atoms with Gasteiger partial charge < -0.3 is 11.5 Å². The number of nitrogens with two attached hydrogens (primary N) is 2. The largest absolute Gasteiger partial charge is 0.399 e. The van der Waals surface area contributed by atoms with Crippen LogP contribution in [-0.4, -0.2) is 5.91 Å². The Bertz CT molecular complexity index is 694. The van der Waals surface area contributed by atoms with E-state index in [1.807, 2.05) is 0 Å². The number of hydrogen-bond acceptors (Lipinski definition) is 3. The van der Waals surface area contributed by atoms with Crippen LogP contribution < -0.4 is 11.5 Å². The van der Waals surface area contributed by atoms with Crippen LogP contribution in [0.4, 0.5) is 14.5 Å². The van der Waals surface area contributed by atoms with E-state index in [0.29, 0.717) is 15.5 Å². The van der Waals surface area contributed by atoms with Gasteiger partial charge in [0.2, 0.25) is 5.91 Å². The molecule has 0 aliphatic rings. The van der Waals surface area contributed by atoms with E-state index in [4.69, 9.17) is 23.1 Å². The Kier molecular flexibility index (Phi) is 4.15. The maximum atomic E-state index is 13.2. The molecule has 20 heavy (non-hydrogen) atoms. The van der Waals surface area contributed by atoms with Gasteiger partial charge in [0.15, 0.2) is 11.6 Å². The summed E-state index contributed by atoms with van der Waals surface area (Å²) in [6.45, 7) is 0. The second-order valence-corrected chi connectivity index (χ2v) is 5.41. The van der Waals surface area contributed by atoms with Crippen LogP contribution in [0.5, 0.6) is 0 Å². The molecule has 0 aliphatic carbocycles. The predicted octanol–water partition coefficient (Wildman–Crippen LogP) is 3.45. The number of benzene rings is 2. The van der Waals surface area contributed by atoms with Crippen LogP contribution in [0.1, 0.15) is 10.4 Å². The lowest BCUT2D eigenvalue weighted by Crippen LogP contribution is -2.13. The van der Waals surface area contributed by atoms with E-state index in [2.05, 4.69) is 0 Å². The average molecular weight is 315 g/mol. The molecule has 4 N–H and O–H groups in total. The summed E-state index contributed by atoms with van der Waals surface area (Å²) >= 11 is 7.03. The molecule has 2 aromatic carbocycles. The first kappa shape index (κ1) is 14.6. The molecule has 0 aromatic heterocycles. The quantitative estimate of drug-likeness (QED) is 0.853. The molecule has 0 atom stereocenters. The van der Waals surface area contributed by atoms with Crippen molar-refractivity contribution in [1.29, 1.82) is 0 Å². The van der Waals surface area contributed by atoms with Crippen LogP contribution in [0.2, 0.25) is 5.02 Å². The number of amides is 1. The fourth-order valence-electron chi connectivity index (χ4n) is 1.56. The van der Waals surface area contributed by atoms with Gasteiger partial charge in [0.05, 0.1) is 10.6 Å². The molecule has 0 spiro atoms. The van der Waals surface area contributed by atoms with E-state index in [1.165, 1.54) is 18.2 Å². The summed E-state index contributed by atoms with van der Waals surface area (Å²) in [6, 6.07) is 6.22. The zero-order valence-electron chi connectivity index (χ0n) is 9.99. The third kappa shape index (κ3) is 3.02. The molecule has 1 amide bonds. The standard InChI is InChI=1S/C13H9ClF2N2OS/c14-9-4-6(17)3-8(13(18)19)12(9)20-7-1-2-10(15)11(16)5-7/h1-5H,17H2,(H2,18,19). The zero-order valence-corrected chi connectivity index (χ0v) is 11.6. The SMILES string of the molecule is NC(=O)c1cc(N)cc(Cl)c1Sc1ccc(F)c(F)c1. The molecule has 0 heterocycles. The van der Waals surface area contributed by atoms with E-state index in [-0.39, 0.29) is 10.6 Å². The Balaban J connectivity index is 2.47. The molecule has 7 heteroatoms. The molecular weight excluding hydrogens is 306 g/mol. The van der Waals surface area contributed by atoms with E-state index in [1.54, 1.807) is 0 Å². The van der Waals surface area contributed by atoms with Gasteiger partial charge in [-0.25, -0.2) is 8.78 Å². The maximum Gasteiger partial charge on any atom is 0.249 e. The molecule has 0 bridgehead atoms. The first-order valence-electron chi connectivity index (χ1n) is 5.40. The monoisotopic (exact) mass is 314 g/mol. The third-order valence-electron chi connectivity index (χ3n) is 2.44. The van der Waals surface area contributed by atoms with Crippen LogP contribution in [0.15, 0.2) is 40.1 Å². The van der Waals surface area contributed by atoms with Crippen LogP contribution >= 0.6 is 23.4 Å². The number of anilines is 1. The van der Waals surface area contributed by atoms with Gasteiger partial charge in [0, 0.05) is 15.5 Å². The number of rotatable bonds is 3. The van der Waals surface area contributed by atoms with Crippen molar-refractivity contribution in [2.75, 3.05) is 5.73 Å². The maximum absolute atomic E-state index is 13.2. The minimum atomic E-state index is -0.984. The third-order valence-corrected chi connectivity index (χ3v) is 3.99. The van der Waals surface area contributed by atoms with E-state index in [0.717, 1.165) is 23.9 Å². The van der Waals surface area contributed by atoms with Gasteiger partial charge in [-0.1, -0.05) is 23.4 Å². The second-order valence-electron chi connectivity index (χ2n) is 3.92. The zero-order chi connectivity index (χ0) is 14.9. The molecule has 2 aromatic rings. The number of primary amides is 1. The number of carbonyl (C=O) groups is 1. The van der Waals surface area contributed by atoms with E-state index >= 15 is 0 Å². The van der Waals surface area contributed by atoms with Crippen molar-refractivity contribution in [2.24, 2.45) is 5.73 Å². The highest BCUT2D eigenvalue weighted by molar-refractivity contribution is 7.99. The summed E-state index contributed by atoms with van der Waals surface area (Å²) in [7, 11) is 0. The Labute approximate surface area is 122 Å². The lowest BCUT2D eigenvalue weighted by atomic mass is 10.2. The van der Waals surface area contributed by atoms with Gasteiger partial charge in [-0.3, -0.25) is 4.79 Å². The molecule has 0 saturated carbocycles. The van der Waals surface area contributed by atoms with Crippen molar-refractivity contribution in [3.05, 3.63) is 52.6 Å². The Morgan fingerprint density at radius 2 is 1.85 bits per heavy atom. The predicted molar refractivity (Wildman–Crippen MR) is 74.9 cm³/mol. The van der Waals surface area contributed by atoms with Crippen molar-refractivity contribution >= 4 is 35.0 Å². The summed E-state index contributed by atoms with van der Waals surface area (Å²) in [5.74, 6) is -2.64. The molecule has 104 valence electrons. The van der Waals surface area contributed by atoms with Gasteiger partial charge >= 0.3 is 0 Å². The number of carbonyl (C=O) groups excluding carboxylic acids is 1. The van der Waals surface area contributed by atoms with E-state index in [9.17, 15) is 13.6 Å². The Hall–Kier alpha value is -1.79. The summed E-state index contributed by atoms with van der Waals surface area (Å²) in [5.41, 5.74) is 11.3. The van der Waals surface area contributed by atoms with Gasteiger partial charge in [0.25, 0.3) is 0 Å². The Morgan fingerprint density at radius 3 is 2.45 bits per heavy atom. The van der Waals surface area contributed by atoms with Crippen LogP contribution in [0.25, 0.3) is 0 Å². The topological polar surface area (TPSA) is 69.1 Å². The summed E-state index contributed by atoms with van der Waals surface area (Å²) < 4.78 is 26.0. The highest BCUT2D eigenvalue weighted by atomic mass is 35.5. The van der Waals surface area contributed by atoms with E-state index < -0.39 is 17.5 Å². The number of hydrogen-bond donors (Lipinski definition) is 2. The van der Waals surface area contributed by atoms with Crippen molar-refractivity contribution in [3.8, 4) is 0 Å². The number of halogens is 3. The van der Waals surface area contributed by atoms with Crippen molar-refractivity contribution < 1.29 is 13.6 Å². The van der Waals surface area contributed by atoms with Gasteiger partial charge in [0.1, 0.15) is 0 Å². The molecule has 3 nitrogen and oxygen atoms in total.